The van der Waals surface area contributed by atoms with Crippen molar-refractivity contribution in [3.8, 4) is 6.07 Å². The Balaban J connectivity index is 3.40. The maximum Gasteiger partial charge on any atom is 0.221 e. The molecule has 3 heteroatoms. The zero-order chi connectivity index (χ0) is 7.28. The van der Waals surface area contributed by atoms with E-state index in [9.17, 15) is 4.79 Å². The summed E-state index contributed by atoms with van der Waals surface area (Å²) in [5.41, 5.74) is 0. The van der Waals surface area contributed by atoms with E-state index in [2.05, 4.69) is 0 Å². The summed E-state index contributed by atoms with van der Waals surface area (Å²) < 4.78 is 0. The SMILES string of the molecule is CC(CC#N)CC(=O)Cl. The Morgan fingerprint density at radius 1 is 1.89 bits per heavy atom. The van der Waals surface area contributed by atoms with Gasteiger partial charge in [-0.2, -0.15) is 5.26 Å². The standard InChI is InChI=1S/C6H8ClNO/c1-5(2-3-8)4-6(7)9/h5H,2,4H2,1H3. The number of rotatable bonds is 3. The smallest absolute Gasteiger partial charge is 0.221 e. The number of hydrogen-bond donors (Lipinski definition) is 0. The second-order valence-corrected chi connectivity index (χ2v) is 2.45. The number of halogens is 1. The number of nitrogens with zero attached hydrogens (tertiary/aromatic N) is 1. The van der Waals surface area contributed by atoms with E-state index in [-0.39, 0.29) is 11.2 Å². The van der Waals surface area contributed by atoms with Gasteiger partial charge in [0, 0.05) is 12.8 Å². The van der Waals surface area contributed by atoms with Gasteiger partial charge < -0.3 is 0 Å². The van der Waals surface area contributed by atoms with Crippen molar-refractivity contribution in [3.05, 3.63) is 0 Å². The molecule has 1 atom stereocenters. The quantitative estimate of drug-likeness (QED) is 0.567. The monoisotopic (exact) mass is 145 g/mol. The third-order valence-electron chi connectivity index (χ3n) is 0.949. The summed E-state index contributed by atoms with van der Waals surface area (Å²) >= 11 is 5.06. The van der Waals surface area contributed by atoms with Crippen LogP contribution in [0.25, 0.3) is 0 Å². The molecule has 0 aliphatic heterocycles. The molecule has 0 aliphatic carbocycles. The van der Waals surface area contributed by atoms with Crippen molar-refractivity contribution in [2.24, 2.45) is 5.92 Å². The largest absolute Gasteiger partial charge is 0.281 e. The summed E-state index contributed by atoms with van der Waals surface area (Å²) in [6.45, 7) is 1.82. The predicted molar refractivity (Wildman–Crippen MR) is 34.9 cm³/mol. The van der Waals surface area contributed by atoms with Gasteiger partial charge in [-0.05, 0) is 17.5 Å². The van der Waals surface area contributed by atoms with E-state index in [1.54, 1.807) is 0 Å². The van der Waals surface area contributed by atoms with Gasteiger partial charge in [0.1, 0.15) is 0 Å². The van der Waals surface area contributed by atoms with Gasteiger partial charge in [-0.25, -0.2) is 0 Å². The van der Waals surface area contributed by atoms with Crippen molar-refractivity contribution < 1.29 is 4.79 Å². The molecule has 0 bridgehead atoms. The van der Waals surface area contributed by atoms with E-state index in [1.165, 1.54) is 0 Å². The first-order chi connectivity index (χ1) is 4.16. The highest BCUT2D eigenvalue weighted by Gasteiger charge is 2.04. The number of carbonyl (C=O) groups is 1. The van der Waals surface area contributed by atoms with E-state index in [1.807, 2.05) is 13.0 Å². The Hall–Kier alpha value is -0.550. The second kappa shape index (κ2) is 4.34. The molecule has 0 aromatic heterocycles. The highest BCUT2D eigenvalue weighted by atomic mass is 35.5. The minimum atomic E-state index is -0.363. The van der Waals surface area contributed by atoms with Gasteiger partial charge in [0.15, 0.2) is 0 Å². The first-order valence-corrected chi connectivity index (χ1v) is 3.10. The van der Waals surface area contributed by atoms with Crippen LogP contribution in [0.4, 0.5) is 0 Å². The van der Waals surface area contributed by atoms with Crippen LogP contribution >= 0.6 is 11.6 Å². The first kappa shape index (κ1) is 8.45. The molecule has 0 spiro atoms. The highest BCUT2D eigenvalue weighted by molar-refractivity contribution is 6.63. The number of carbonyl (C=O) groups excluding carboxylic acids is 1. The zero-order valence-corrected chi connectivity index (χ0v) is 5.98. The van der Waals surface area contributed by atoms with Crippen LogP contribution in [0.2, 0.25) is 0 Å². The van der Waals surface area contributed by atoms with Crippen molar-refractivity contribution in [1.29, 1.82) is 5.26 Å². The lowest BCUT2D eigenvalue weighted by molar-refractivity contribution is -0.112. The molecule has 0 saturated carbocycles. The zero-order valence-electron chi connectivity index (χ0n) is 5.22. The normalized spacial score (nSPS) is 12.1. The molecule has 0 radical (unpaired) electrons. The molecule has 0 aromatic rings. The Morgan fingerprint density at radius 3 is 2.78 bits per heavy atom. The lowest BCUT2D eigenvalue weighted by Crippen LogP contribution is -1.97. The van der Waals surface area contributed by atoms with Crippen LogP contribution in [0.15, 0.2) is 0 Å². The van der Waals surface area contributed by atoms with Gasteiger partial charge in [-0.1, -0.05) is 6.92 Å². The molecule has 0 rings (SSSR count). The molecular formula is C6H8ClNO. The first-order valence-electron chi connectivity index (χ1n) is 2.72. The maximum absolute atomic E-state index is 10.2. The topological polar surface area (TPSA) is 40.9 Å². The van der Waals surface area contributed by atoms with E-state index >= 15 is 0 Å². The molecule has 0 N–H and O–H groups in total. The van der Waals surface area contributed by atoms with E-state index in [0.717, 1.165) is 0 Å². The minimum Gasteiger partial charge on any atom is -0.281 e. The summed E-state index contributed by atoms with van der Waals surface area (Å²) in [6, 6.07) is 1.96. The average Bonchev–Trinajstić information content (AvgIpc) is 1.63. The molecule has 0 heterocycles. The van der Waals surface area contributed by atoms with Gasteiger partial charge in [-0.3, -0.25) is 4.79 Å². The second-order valence-electron chi connectivity index (χ2n) is 2.03. The lowest BCUT2D eigenvalue weighted by atomic mass is 10.1. The number of hydrogen-bond acceptors (Lipinski definition) is 2. The Labute approximate surface area is 59.4 Å². The predicted octanol–water partition coefficient (Wildman–Crippen LogP) is 1.69. The number of nitriles is 1. The molecule has 0 aliphatic rings. The van der Waals surface area contributed by atoms with Crippen LogP contribution in [-0.4, -0.2) is 5.24 Å². The lowest BCUT2D eigenvalue weighted by Gasteiger charge is -1.98. The maximum atomic E-state index is 10.2. The molecule has 50 valence electrons. The van der Waals surface area contributed by atoms with Crippen molar-refractivity contribution in [3.63, 3.8) is 0 Å². The van der Waals surface area contributed by atoms with Crippen molar-refractivity contribution in [2.45, 2.75) is 19.8 Å². The summed E-state index contributed by atoms with van der Waals surface area (Å²) in [4.78, 5) is 10.2. The molecule has 9 heavy (non-hydrogen) atoms. The fourth-order valence-corrected chi connectivity index (χ4v) is 0.765. The summed E-state index contributed by atoms with van der Waals surface area (Å²) in [7, 11) is 0. The highest BCUT2D eigenvalue weighted by Crippen LogP contribution is 2.07. The Morgan fingerprint density at radius 2 is 2.44 bits per heavy atom. The summed E-state index contributed by atoms with van der Waals surface area (Å²) in [5.74, 6) is 0.0972. The molecule has 0 amide bonds. The van der Waals surface area contributed by atoms with Crippen molar-refractivity contribution >= 4 is 16.8 Å². The minimum absolute atomic E-state index is 0.0972. The molecule has 0 aromatic carbocycles. The van der Waals surface area contributed by atoms with Gasteiger partial charge in [-0.15, -0.1) is 0 Å². The van der Waals surface area contributed by atoms with E-state index in [0.29, 0.717) is 12.8 Å². The molecular weight excluding hydrogens is 138 g/mol. The van der Waals surface area contributed by atoms with Crippen LogP contribution in [0.3, 0.4) is 0 Å². The fraction of sp³-hybridized carbons (Fsp3) is 0.667. The summed E-state index contributed by atoms with van der Waals surface area (Å²) in [6.07, 6.45) is 0.702. The van der Waals surface area contributed by atoms with Gasteiger partial charge >= 0.3 is 0 Å². The van der Waals surface area contributed by atoms with Crippen LogP contribution in [0.1, 0.15) is 19.8 Å². The molecule has 2 nitrogen and oxygen atoms in total. The van der Waals surface area contributed by atoms with Crippen LogP contribution in [0, 0.1) is 17.2 Å². The molecule has 0 fully saturated rings. The van der Waals surface area contributed by atoms with Crippen LogP contribution in [0.5, 0.6) is 0 Å². The third kappa shape index (κ3) is 5.32. The fourth-order valence-electron chi connectivity index (χ4n) is 0.502. The van der Waals surface area contributed by atoms with Gasteiger partial charge in [0.2, 0.25) is 5.24 Å². The van der Waals surface area contributed by atoms with Crippen molar-refractivity contribution in [2.75, 3.05) is 0 Å². The summed E-state index contributed by atoms with van der Waals surface area (Å²) in [5, 5.41) is 7.78. The van der Waals surface area contributed by atoms with E-state index in [4.69, 9.17) is 16.9 Å². The van der Waals surface area contributed by atoms with Crippen molar-refractivity contribution in [1.82, 2.24) is 0 Å². The van der Waals surface area contributed by atoms with Gasteiger partial charge in [0.25, 0.3) is 0 Å². The Bertz CT molecular complexity index is 138. The van der Waals surface area contributed by atoms with Crippen LogP contribution < -0.4 is 0 Å². The van der Waals surface area contributed by atoms with E-state index < -0.39 is 0 Å². The Kier molecular flexibility index (Phi) is 4.08. The molecule has 1 unspecified atom stereocenters. The van der Waals surface area contributed by atoms with Gasteiger partial charge in [0.05, 0.1) is 6.07 Å². The van der Waals surface area contributed by atoms with Crippen LogP contribution in [-0.2, 0) is 4.79 Å². The third-order valence-corrected chi connectivity index (χ3v) is 1.10. The average molecular weight is 146 g/mol. The molecule has 0 saturated heterocycles.